The zero-order valence-corrected chi connectivity index (χ0v) is 8.74. The van der Waals surface area contributed by atoms with Crippen molar-refractivity contribution < 1.29 is 5.11 Å². The van der Waals surface area contributed by atoms with Crippen LogP contribution < -0.4 is 0 Å². The molecule has 1 aromatic carbocycles. The SMILES string of the molecule is CCCc1cccc(C(O)C2CC2)c1. The van der Waals surface area contributed by atoms with Crippen LogP contribution in [0.5, 0.6) is 0 Å². The molecule has 0 saturated heterocycles. The molecule has 2 rings (SSSR count). The van der Waals surface area contributed by atoms with Crippen molar-refractivity contribution in [1.29, 1.82) is 0 Å². The van der Waals surface area contributed by atoms with Gasteiger partial charge in [0.05, 0.1) is 6.10 Å². The Kier molecular flexibility index (Phi) is 2.87. The minimum Gasteiger partial charge on any atom is -0.388 e. The molecule has 76 valence electrons. The fraction of sp³-hybridized carbons (Fsp3) is 0.538. The second-order valence-electron chi connectivity index (χ2n) is 4.28. The van der Waals surface area contributed by atoms with E-state index in [1.54, 1.807) is 0 Å². The Morgan fingerprint density at radius 1 is 1.43 bits per heavy atom. The van der Waals surface area contributed by atoms with Crippen molar-refractivity contribution in [3.05, 3.63) is 35.4 Å². The van der Waals surface area contributed by atoms with E-state index in [9.17, 15) is 5.11 Å². The van der Waals surface area contributed by atoms with Crippen LogP contribution >= 0.6 is 0 Å². The number of rotatable bonds is 4. The number of aryl methyl sites for hydroxylation is 1. The molecule has 0 amide bonds. The number of aliphatic hydroxyl groups is 1. The normalized spacial score (nSPS) is 18.1. The van der Waals surface area contributed by atoms with E-state index in [1.807, 2.05) is 6.07 Å². The fourth-order valence-corrected chi connectivity index (χ4v) is 1.91. The number of hydrogen-bond acceptors (Lipinski definition) is 1. The molecule has 1 saturated carbocycles. The van der Waals surface area contributed by atoms with Crippen LogP contribution in [0.4, 0.5) is 0 Å². The highest BCUT2D eigenvalue weighted by molar-refractivity contribution is 5.26. The molecule has 14 heavy (non-hydrogen) atoms. The van der Waals surface area contributed by atoms with Crippen LogP contribution in [0.1, 0.15) is 43.4 Å². The molecule has 0 spiro atoms. The number of aliphatic hydroxyl groups excluding tert-OH is 1. The molecule has 1 N–H and O–H groups in total. The third-order valence-corrected chi connectivity index (χ3v) is 2.90. The summed E-state index contributed by atoms with van der Waals surface area (Å²) in [6.07, 6.45) is 4.46. The van der Waals surface area contributed by atoms with Crippen molar-refractivity contribution in [2.75, 3.05) is 0 Å². The highest BCUT2D eigenvalue weighted by Gasteiger charge is 2.30. The summed E-state index contributed by atoms with van der Waals surface area (Å²) >= 11 is 0. The Bertz CT molecular complexity index is 302. The first kappa shape index (κ1) is 9.72. The standard InChI is InChI=1S/C13H18O/c1-2-4-10-5-3-6-12(9-10)13(14)11-7-8-11/h3,5-6,9,11,13-14H,2,4,7-8H2,1H3. The predicted molar refractivity (Wildman–Crippen MR) is 58.1 cm³/mol. The molecule has 1 nitrogen and oxygen atoms in total. The van der Waals surface area contributed by atoms with Crippen LogP contribution in [0.3, 0.4) is 0 Å². The van der Waals surface area contributed by atoms with Crippen molar-refractivity contribution in [3.63, 3.8) is 0 Å². The van der Waals surface area contributed by atoms with E-state index in [4.69, 9.17) is 0 Å². The smallest absolute Gasteiger partial charge is 0.0818 e. The molecule has 0 aromatic heterocycles. The Morgan fingerprint density at radius 3 is 2.86 bits per heavy atom. The van der Waals surface area contributed by atoms with Crippen LogP contribution in [0.2, 0.25) is 0 Å². The Hall–Kier alpha value is -0.820. The highest BCUT2D eigenvalue weighted by atomic mass is 16.3. The van der Waals surface area contributed by atoms with Gasteiger partial charge in [0.1, 0.15) is 0 Å². The maximum atomic E-state index is 9.95. The number of benzene rings is 1. The monoisotopic (exact) mass is 190 g/mol. The molecule has 1 aromatic rings. The molecule has 1 fully saturated rings. The minimum atomic E-state index is -0.216. The third-order valence-electron chi connectivity index (χ3n) is 2.90. The zero-order chi connectivity index (χ0) is 9.97. The lowest BCUT2D eigenvalue weighted by molar-refractivity contribution is 0.154. The summed E-state index contributed by atoms with van der Waals surface area (Å²) in [5.74, 6) is 0.534. The lowest BCUT2D eigenvalue weighted by Gasteiger charge is -2.10. The predicted octanol–water partition coefficient (Wildman–Crippen LogP) is 3.08. The zero-order valence-electron chi connectivity index (χ0n) is 8.74. The van der Waals surface area contributed by atoms with E-state index in [0.29, 0.717) is 5.92 Å². The van der Waals surface area contributed by atoms with Crippen LogP contribution in [0.25, 0.3) is 0 Å². The minimum absolute atomic E-state index is 0.216. The van der Waals surface area contributed by atoms with Crippen LogP contribution in [0, 0.1) is 5.92 Å². The van der Waals surface area contributed by atoms with Gasteiger partial charge in [-0.1, -0.05) is 37.6 Å². The first-order chi connectivity index (χ1) is 6.81. The molecule has 1 heteroatoms. The van der Waals surface area contributed by atoms with Gasteiger partial charge in [-0.15, -0.1) is 0 Å². The molecule has 1 atom stereocenters. The van der Waals surface area contributed by atoms with E-state index >= 15 is 0 Å². The second-order valence-corrected chi connectivity index (χ2v) is 4.28. The van der Waals surface area contributed by atoms with Gasteiger partial charge in [-0.2, -0.15) is 0 Å². The lowest BCUT2D eigenvalue weighted by atomic mass is 10.0. The van der Waals surface area contributed by atoms with Crippen molar-refractivity contribution >= 4 is 0 Å². The summed E-state index contributed by atoms with van der Waals surface area (Å²) in [6.45, 7) is 2.18. The quantitative estimate of drug-likeness (QED) is 0.773. The topological polar surface area (TPSA) is 20.2 Å². The molecule has 1 aliphatic rings. The Morgan fingerprint density at radius 2 is 2.21 bits per heavy atom. The first-order valence-corrected chi connectivity index (χ1v) is 5.58. The molecule has 1 unspecified atom stereocenters. The highest BCUT2D eigenvalue weighted by Crippen LogP contribution is 2.40. The van der Waals surface area contributed by atoms with Crippen LogP contribution in [0.15, 0.2) is 24.3 Å². The molecule has 0 bridgehead atoms. The second kappa shape index (κ2) is 4.14. The summed E-state index contributed by atoms with van der Waals surface area (Å²) in [5.41, 5.74) is 2.46. The molecule has 0 aliphatic heterocycles. The van der Waals surface area contributed by atoms with Crippen molar-refractivity contribution in [2.45, 2.75) is 38.7 Å². The average Bonchev–Trinajstić information content (AvgIpc) is 3.01. The van der Waals surface area contributed by atoms with E-state index < -0.39 is 0 Å². The van der Waals surface area contributed by atoms with Gasteiger partial charge in [0.25, 0.3) is 0 Å². The third kappa shape index (κ3) is 2.16. The maximum absolute atomic E-state index is 9.95. The summed E-state index contributed by atoms with van der Waals surface area (Å²) in [6, 6.07) is 8.41. The van der Waals surface area contributed by atoms with Gasteiger partial charge in [-0.3, -0.25) is 0 Å². The van der Waals surface area contributed by atoms with Gasteiger partial charge < -0.3 is 5.11 Å². The van der Waals surface area contributed by atoms with E-state index in [-0.39, 0.29) is 6.10 Å². The van der Waals surface area contributed by atoms with Gasteiger partial charge >= 0.3 is 0 Å². The number of hydrogen-bond donors (Lipinski definition) is 1. The van der Waals surface area contributed by atoms with Crippen LogP contribution in [-0.4, -0.2) is 5.11 Å². The van der Waals surface area contributed by atoms with Gasteiger partial charge in [0.2, 0.25) is 0 Å². The van der Waals surface area contributed by atoms with Crippen LogP contribution in [-0.2, 0) is 6.42 Å². The maximum Gasteiger partial charge on any atom is 0.0818 e. The molecule has 0 heterocycles. The largest absolute Gasteiger partial charge is 0.388 e. The lowest BCUT2D eigenvalue weighted by Crippen LogP contribution is -2.00. The molecular formula is C13H18O. The molecular weight excluding hydrogens is 172 g/mol. The summed E-state index contributed by atoms with van der Waals surface area (Å²) < 4.78 is 0. The van der Waals surface area contributed by atoms with Gasteiger partial charge in [0, 0.05) is 0 Å². The van der Waals surface area contributed by atoms with Crippen molar-refractivity contribution in [1.82, 2.24) is 0 Å². The van der Waals surface area contributed by atoms with E-state index in [2.05, 4.69) is 25.1 Å². The molecule has 0 radical (unpaired) electrons. The summed E-state index contributed by atoms with van der Waals surface area (Å²) in [5, 5.41) is 9.95. The van der Waals surface area contributed by atoms with E-state index in [0.717, 1.165) is 12.0 Å². The first-order valence-electron chi connectivity index (χ1n) is 5.58. The fourth-order valence-electron chi connectivity index (χ4n) is 1.91. The summed E-state index contributed by atoms with van der Waals surface area (Å²) in [7, 11) is 0. The van der Waals surface area contributed by atoms with Gasteiger partial charge in [-0.25, -0.2) is 0 Å². The van der Waals surface area contributed by atoms with Crippen molar-refractivity contribution in [2.24, 2.45) is 5.92 Å². The summed E-state index contributed by atoms with van der Waals surface area (Å²) in [4.78, 5) is 0. The van der Waals surface area contributed by atoms with Gasteiger partial charge in [0.15, 0.2) is 0 Å². The Balaban J connectivity index is 2.12. The average molecular weight is 190 g/mol. The Labute approximate surface area is 85.8 Å². The van der Waals surface area contributed by atoms with E-state index in [1.165, 1.54) is 24.8 Å². The van der Waals surface area contributed by atoms with Gasteiger partial charge in [-0.05, 0) is 36.3 Å². The van der Waals surface area contributed by atoms with Crippen molar-refractivity contribution in [3.8, 4) is 0 Å². The molecule has 1 aliphatic carbocycles.